The zero-order valence-corrected chi connectivity index (χ0v) is 15.9. The molecule has 144 valence electrons. The predicted octanol–water partition coefficient (Wildman–Crippen LogP) is 2.40. The number of aromatic nitrogens is 2. The number of aliphatic imine (C=N–C) groups is 1. The molecule has 0 saturated heterocycles. The Bertz CT molecular complexity index is 932. The Hall–Kier alpha value is -3.12. The molecule has 0 radical (unpaired) electrons. The van der Waals surface area contributed by atoms with Crippen molar-refractivity contribution in [1.82, 2.24) is 20.4 Å². The summed E-state index contributed by atoms with van der Waals surface area (Å²) < 4.78 is 1.92. The van der Waals surface area contributed by atoms with Gasteiger partial charge >= 0.3 is 0 Å². The Morgan fingerprint density at radius 1 is 1.18 bits per heavy atom. The average Bonchev–Trinajstić information content (AvgIpc) is 3.39. The van der Waals surface area contributed by atoms with Gasteiger partial charge in [-0.05, 0) is 35.2 Å². The SMILES string of the molecule is CC(O)C1CN=C(NCc2ccccc2-c2ccc(Cn3cccn3)cc2)N1. The van der Waals surface area contributed by atoms with Crippen molar-refractivity contribution in [2.45, 2.75) is 32.2 Å². The molecule has 0 bridgehead atoms. The van der Waals surface area contributed by atoms with E-state index < -0.39 is 6.10 Å². The summed E-state index contributed by atoms with van der Waals surface area (Å²) in [4.78, 5) is 4.43. The smallest absolute Gasteiger partial charge is 0.191 e. The second-order valence-electron chi connectivity index (χ2n) is 7.09. The maximum absolute atomic E-state index is 9.68. The number of guanidine groups is 1. The van der Waals surface area contributed by atoms with E-state index in [2.05, 4.69) is 69.3 Å². The lowest BCUT2D eigenvalue weighted by molar-refractivity contribution is 0.161. The summed E-state index contributed by atoms with van der Waals surface area (Å²) >= 11 is 0. The molecule has 1 aliphatic heterocycles. The topological polar surface area (TPSA) is 74.5 Å². The minimum Gasteiger partial charge on any atom is -0.391 e. The molecule has 0 aliphatic carbocycles. The monoisotopic (exact) mass is 375 g/mol. The average molecular weight is 375 g/mol. The van der Waals surface area contributed by atoms with Crippen molar-refractivity contribution in [3.63, 3.8) is 0 Å². The van der Waals surface area contributed by atoms with Gasteiger partial charge in [-0.15, -0.1) is 0 Å². The molecular weight excluding hydrogens is 350 g/mol. The molecule has 0 saturated carbocycles. The summed E-state index contributed by atoms with van der Waals surface area (Å²) in [7, 11) is 0. The second-order valence-corrected chi connectivity index (χ2v) is 7.09. The van der Waals surface area contributed by atoms with E-state index >= 15 is 0 Å². The van der Waals surface area contributed by atoms with E-state index in [1.165, 1.54) is 22.3 Å². The quantitative estimate of drug-likeness (QED) is 0.619. The maximum Gasteiger partial charge on any atom is 0.191 e. The Morgan fingerprint density at radius 3 is 2.71 bits per heavy atom. The molecule has 28 heavy (non-hydrogen) atoms. The highest BCUT2D eigenvalue weighted by atomic mass is 16.3. The lowest BCUT2D eigenvalue weighted by Gasteiger charge is -2.16. The van der Waals surface area contributed by atoms with Crippen molar-refractivity contribution in [3.8, 4) is 11.1 Å². The molecule has 1 aromatic heterocycles. The van der Waals surface area contributed by atoms with Crippen LogP contribution >= 0.6 is 0 Å². The molecule has 6 nitrogen and oxygen atoms in total. The highest BCUT2D eigenvalue weighted by molar-refractivity contribution is 5.82. The second kappa shape index (κ2) is 8.27. The molecule has 2 aromatic carbocycles. The van der Waals surface area contributed by atoms with Crippen LogP contribution in [0.2, 0.25) is 0 Å². The van der Waals surface area contributed by atoms with Crippen LogP contribution in [0.5, 0.6) is 0 Å². The molecule has 0 fully saturated rings. The third kappa shape index (κ3) is 4.23. The molecule has 1 aliphatic rings. The summed E-state index contributed by atoms with van der Waals surface area (Å²) in [5.41, 5.74) is 4.81. The first kappa shape index (κ1) is 18.3. The number of rotatable bonds is 6. The van der Waals surface area contributed by atoms with E-state index in [0.29, 0.717) is 13.1 Å². The van der Waals surface area contributed by atoms with Gasteiger partial charge in [0.05, 0.1) is 25.2 Å². The van der Waals surface area contributed by atoms with Gasteiger partial charge in [0.1, 0.15) is 0 Å². The molecule has 0 spiro atoms. The minimum atomic E-state index is -0.421. The number of benzene rings is 2. The third-order valence-corrected chi connectivity index (χ3v) is 4.98. The summed E-state index contributed by atoms with van der Waals surface area (Å²) in [6.07, 6.45) is 3.34. The number of nitrogens with one attached hydrogen (secondary N) is 2. The standard InChI is InChI=1S/C22H25N5O/c1-16(28)21-14-24-22(26-21)23-13-19-5-2-3-6-20(19)18-9-7-17(8-10-18)15-27-12-4-11-25-27/h2-12,16,21,28H,13-15H2,1H3,(H2,23,24,26). The molecule has 3 aromatic rings. The number of aliphatic hydroxyl groups is 1. The normalized spacial score (nSPS) is 17.1. The molecule has 0 amide bonds. The van der Waals surface area contributed by atoms with E-state index in [9.17, 15) is 5.11 Å². The van der Waals surface area contributed by atoms with Crippen LogP contribution in [-0.4, -0.2) is 39.5 Å². The maximum atomic E-state index is 9.68. The first-order chi connectivity index (χ1) is 13.7. The van der Waals surface area contributed by atoms with Gasteiger partial charge in [-0.1, -0.05) is 48.5 Å². The van der Waals surface area contributed by atoms with Gasteiger partial charge in [-0.3, -0.25) is 9.67 Å². The summed E-state index contributed by atoms with van der Waals surface area (Å²) in [5, 5.41) is 20.5. The molecule has 2 unspecified atom stereocenters. The number of hydrogen-bond donors (Lipinski definition) is 3. The van der Waals surface area contributed by atoms with Crippen LogP contribution in [0, 0.1) is 0 Å². The van der Waals surface area contributed by atoms with Gasteiger partial charge < -0.3 is 15.7 Å². The van der Waals surface area contributed by atoms with Gasteiger partial charge in [0, 0.05) is 18.9 Å². The van der Waals surface area contributed by atoms with Crippen LogP contribution in [0.15, 0.2) is 72.0 Å². The summed E-state index contributed by atoms with van der Waals surface area (Å²) in [6.45, 7) is 3.82. The molecule has 2 atom stereocenters. The van der Waals surface area contributed by atoms with Crippen molar-refractivity contribution in [3.05, 3.63) is 78.1 Å². The van der Waals surface area contributed by atoms with Crippen molar-refractivity contribution < 1.29 is 5.11 Å². The zero-order chi connectivity index (χ0) is 19.3. The van der Waals surface area contributed by atoms with Crippen LogP contribution in [0.25, 0.3) is 11.1 Å². The molecule has 2 heterocycles. The first-order valence-corrected chi connectivity index (χ1v) is 9.56. The molecule has 6 heteroatoms. The zero-order valence-electron chi connectivity index (χ0n) is 15.9. The Labute approximate surface area is 164 Å². The van der Waals surface area contributed by atoms with Crippen molar-refractivity contribution in [2.75, 3.05) is 6.54 Å². The molecule has 3 N–H and O–H groups in total. The molecular formula is C22H25N5O. The van der Waals surface area contributed by atoms with E-state index in [4.69, 9.17) is 0 Å². The van der Waals surface area contributed by atoms with Crippen LogP contribution in [-0.2, 0) is 13.1 Å². The van der Waals surface area contributed by atoms with Crippen LogP contribution in [0.4, 0.5) is 0 Å². The van der Waals surface area contributed by atoms with Gasteiger partial charge in [-0.2, -0.15) is 5.10 Å². The van der Waals surface area contributed by atoms with Crippen molar-refractivity contribution in [2.24, 2.45) is 4.99 Å². The third-order valence-electron chi connectivity index (χ3n) is 4.98. The Balaban J connectivity index is 1.44. The Kier molecular flexibility index (Phi) is 5.39. The van der Waals surface area contributed by atoms with Crippen molar-refractivity contribution in [1.29, 1.82) is 0 Å². The van der Waals surface area contributed by atoms with Gasteiger partial charge in [0.25, 0.3) is 0 Å². The van der Waals surface area contributed by atoms with E-state index in [0.717, 1.165) is 12.5 Å². The minimum absolute atomic E-state index is 0.0138. The number of aliphatic hydroxyl groups excluding tert-OH is 1. The van der Waals surface area contributed by atoms with Gasteiger partial charge in [-0.25, -0.2) is 0 Å². The highest BCUT2D eigenvalue weighted by Crippen LogP contribution is 2.24. The van der Waals surface area contributed by atoms with Crippen LogP contribution < -0.4 is 10.6 Å². The van der Waals surface area contributed by atoms with Gasteiger partial charge in [0.2, 0.25) is 0 Å². The van der Waals surface area contributed by atoms with E-state index in [1.54, 1.807) is 13.1 Å². The summed E-state index contributed by atoms with van der Waals surface area (Å²) in [6, 6.07) is 18.9. The van der Waals surface area contributed by atoms with Crippen molar-refractivity contribution >= 4 is 5.96 Å². The number of nitrogens with zero attached hydrogens (tertiary/aromatic N) is 3. The Morgan fingerprint density at radius 2 is 2.00 bits per heavy atom. The largest absolute Gasteiger partial charge is 0.391 e. The highest BCUT2D eigenvalue weighted by Gasteiger charge is 2.21. The number of hydrogen-bond acceptors (Lipinski definition) is 5. The van der Waals surface area contributed by atoms with Gasteiger partial charge in [0.15, 0.2) is 5.96 Å². The van der Waals surface area contributed by atoms with E-state index in [1.807, 2.05) is 16.9 Å². The fourth-order valence-corrected chi connectivity index (χ4v) is 3.34. The van der Waals surface area contributed by atoms with E-state index in [-0.39, 0.29) is 6.04 Å². The van der Waals surface area contributed by atoms with Crippen LogP contribution in [0.3, 0.4) is 0 Å². The first-order valence-electron chi connectivity index (χ1n) is 9.56. The lowest BCUT2D eigenvalue weighted by atomic mass is 9.98. The summed E-state index contributed by atoms with van der Waals surface area (Å²) in [5.74, 6) is 0.746. The fourth-order valence-electron chi connectivity index (χ4n) is 3.34. The fraction of sp³-hybridized carbons (Fsp3) is 0.273. The van der Waals surface area contributed by atoms with Crippen LogP contribution in [0.1, 0.15) is 18.1 Å². The lowest BCUT2D eigenvalue weighted by Crippen LogP contribution is -2.43. The predicted molar refractivity (Wildman–Crippen MR) is 111 cm³/mol. The molecule has 4 rings (SSSR count).